The summed E-state index contributed by atoms with van der Waals surface area (Å²) in [4.78, 5) is 10.6. The Kier molecular flexibility index (Phi) is 8.17. The average Bonchev–Trinajstić information content (AvgIpc) is 3.10. The van der Waals surface area contributed by atoms with E-state index < -0.39 is 0 Å². The van der Waals surface area contributed by atoms with Crippen LogP contribution in [0.5, 0.6) is 0 Å². The quantitative estimate of drug-likeness (QED) is 0.290. The van der Waals surface area contributed by atoms with Gasteiger partial charge in [0.25, 0.3) is 0 Å². The fraction of sp³-hybridized carbons (Fsp3) is 0.550. The highest BCUT2D eigenvalue weighted by Gasteiger charge is 2.22. The molecule has 0 spiro atoms. The summed E-state index contributed by atoms with van der Waals surface area (Å²) in [5.74, 6) is 3.76. The van der Waals surface area contributed by atoms with Crippen molar-refractivity contribution in [2.45, 2.75) is 50.3 Å². The predicted octanol–water partition coefficient (Wildman–Crippen LogP) is 2.48. The number of guanidine groups is 1. The van der Waals surface area contributed by atoms with Crippen LogP contribution < -0.4 is 10.6 Å². The summed E-state index contributed by atoms with van der Waals surface area (Å²) in [6.07, 6.45) is 3.00. The molecule has 0 amide bonds. The average molecular weight is 403 g/mol. The molecule has 0 bridgehead atoms. The Labute approximate surface area is 171 Å². The molecule has 1 aromatic carbocycles. The minimum atomic E-state index is 0.307. The van der Waals surface area contributed by atoms with E-state index in [2.05, 4.69) is 58.0 Å². The number of ether oxygens (including phenoxy) is 1. The maximum Gasteiger partial charge on any atom is 0.191 e. The van der Waals surface area contributed by atoms with E-state index in [9.17, 15) is 0 Å². The van der Waals surface area contributed by atoms with Gasteiger partial charge in [0.05, 0.1) is 6.54 Å². The third-order valence-electron chi connectivity index (χ3n) is 4.44. The number of thioether (sulfide) groups is 1. The Bertz CT molecular complexity index is 748. The van der Waals surface area contributed by atoms with E-state index in [4.69, 9.17) is 9.73 Å². The molecule has 0 saturated heterocycles. The predicted molar refractivity (Wildman–Crippen MR) is 114 cm³/mol. The number of aliphatic imine (C=N–C) groups is 1. The Morgan fingerprint density at radius 1 is 1.36 bits per heavy atom. The first-order chi connectivity index (χ1) is 13.8. The lowest BCUT2D eigenvalue weighted by atomic mass is 10.1. The molecular formula is C20H30N6OS. The van der Waals surface area contributed by atoms with E-state index >= 15 is 0 Å². The summed E-state index contributed by atoms with van der Waals surface area (Å²) in [6, 6.07) is 10.8. The number of rotatable bonds is 9. The van der Waals surface area contributed by atoms with Crippen molar-refractivity contribution in [3.05, 3.63) is 42.0 Å². The van der Waals surface area contributed by atoms with Crippen molar-refractivity contribution in [3.8, 4) is 0 Å². The summed E-state index contributed by atoms with van der Waals surface area (Å²) < 4.78 is 7.13. The Balaban J connectivity index is 1.46. The van der Waals surface area contributed by atoms with Gasteiger partial charge in [-0.3, -0.25) is 4.99 Å². The number of aromatic nitrogens is 3. The minimum Gasteiger partial charge on any atom is -0.377 e. The molecule has 0 fully saturated rings. The molecular weight excluding hydrogens is 372 g/mol. The summed E-state index contributed by atoms with van der Waals surface area (Å²) in [5, 5.41) is 11.5. The van der Waals surface area contributed by atoms with Crippen molar-refractivity contribution < 1.29 is 4.74 Å². The largest absolute Gasteiger partial charge is 0.377 e. The van der Waals surface area contributed by atoms with Crippen LogP contribution in [0.3, 0.4) is 0 Å². The molecule has 3 rings (SSSR count). The highest BCUT2D eigenvalue weighted by Crippen LogP contribution is 2.17. The maximum atomic E-state index is 5.14. The van der Waals surface area contributed by atoms with Gasteiger partial charge in [0.2, 0.25) is 0 Å². The van der Waals surface area contributed by atoms with Gasteiger partial charge < -0.3 is 15.4 Å². The second kappa shape index (κ2) is 11.1. The Morgan fingerprint density at radius 2 is 2.21 bits per heavy atom. The smallest absolute Gasteiger partial charge is 0.191 e. The summed E-state index contributed by atoms with van der Waals surface area (Å²) in [7, 11) is 1.67. The Hall–Kier alpha value is -2.06. The monoisotopic (exact) mass is 402 g/mol. The van der Waals surface area contributed by atoms with Crippen LogP contribution in [0.1, 0.15) is 31.4 Å². The zero-order valence-electron chi connectivity index (χ0n) is 16.7. The molecule has 2 heterocycles. The standard InChI is InChI=1S/C20H30N6OS/c1-3-21-20(22-12-7-13-28-17-8-5-4-6-9-17)23-16-10-11-19-24-18(15-27-2)25-26(19)14-16/h4-6,8-9,16H,3,7,10-15H2,1-2H3,(H2,21,22,23). The topological polar surface area (TPSA) is 76.4 Å². The third-order valence-corrected chi connectivity index (χ3v) is 5.54. The summed E-state index contributed by atoms with van der Waals surface area (Å²) in [6.45, 7) is 5.03. The number of aryl methyl sites for hydroxylation is 1. The van der Waals surface area contributed by atoms with E-state index in [1.165, 1.54) is 4.90 Å². The van der Waals surface area contributed by atoms with Gasteiger partial charge in [0.1, 0.15) is 12.4 Å². The van der Waals surface area contributed by atoms with Crippen LogP contribution in [0.15, 0.2) is 40.2 Å². The van der Waals surface area contributed by atoms with Gasteiger partial charge in [-0.2, -0.15) is 5.10 Å². The van der Waals surface area contributed by atoms with E-state index in [1.54, 1.807) is 7.11 Å². The number of hydrogen-bond acceptors (Lipinski definition) is 5. The van der Waals surface area contributed by atoms with Gasteiger partial charge in [0, 0.05) is 37.6 Å². The first kappa shape index (κ1) is 20.7. The van der Waals surface area contributed by atoms with Crippen molar-refractivity contribution in [3.63, 3.8) is 0 Å². The SMILES string of the molecule is CCNC(=NCCCSc1ccccc1)NC1CCc2nc(COC)nn2C1. The van der Waals surface area contributed by atoms with E-state index in [0.717, 1.165) is 62.3 Å². The zero-order chi connectivity index (χ0) is 19.6. The van der Waals surface area contributed by atoms with Crippen molar-refractivity contribution in [2.24, 2.45) is 4.99 Å². The fourth-order valence-corrected chi connectivity index (χ4v) is 4.00. The van der Waals surface area contributed by atoms with Gasteiger partial charge in [-0.1, -0.05) is 18.2 Å². The number of fused-ring (bicyclic) bond motifs is 1. The molecule has 1 aliphatic heterocycles. The van der Waals surface area contributed by atoms with Crippen LogP contribution in [0.2, 0.25) is 0 Å². The molecule has 0 radical (unpaired) electrons. The number of nitrogens with zero attached hydrogens (tertiary/aromatic N) is 4. The Morgan fingerprint density at radius 3 is 3.00 bits per heavy atom. The van der Waals surface area contributed by atoms with Crippen LogP contribution in [0.25, 0.3) is 0 Å². The molecule has 1 atom stereocenters. The van der Waals surface area contributed by atoms with Crippen LogP contribution in [-0.4, -0.2) is 52.7 Å². The summed E-state index contributed by atoms with van der Waals surface area (Å²) >= 11 is 1.88. The van der Waals surface area contributed by atoms with E-state index in [1.807, 2.05) is 16.4 Å². The van der Waals surface area contributed by atoms with Gasteiger partial charge in [-0.25, -0.2) is 9.67 Å². The van der Waals surface area contributed by atoms with E-state index in [0.29, 0.717) is 12.6 Å². The van der Waals surface area contributed by atoms with Gasteiger partial charge >= 0.3 is 0 Å². The van der Waals surface area contributed by atoms with Gasteiger partial charge in [0.15, 0.2) is 11.8 Å². The third kappa shape index (κ3) is 6.24. The lowest BCUT2D eigenvalue weighted by Crippen LogP contribution is -2.47. The highest BCUT2D eigenvalue weighted by molar-refractivity contribution is 7.99. The van der Waals surface area contributed by atoms with Gasteiger partial charge in [-0.05, 0) is 37.7 Å². The molecule has 0 aliphatic carbocycles. The van der Waals surface area contributed by atoms with Crippen LogP contribution in [0.4, 0.5) is 0 Å². The lowest BCUT2D eigenvalue weighted by Gasteiger charge is -2.25. The van der Waals surface area contributed by atoms with Crippen LogP contribution in [0, 0.1) is 0 Å². The molecule has 8 heteroatoms. The van der Waals surface area contributed by atoms with Crippen molar-refractivity contribution in [1.82, 2.24) is 25.4 Å². The first-order valence-corrected chi connectivity index (χ1v) is 10.9. The highest BCUT2D eigenvalue weighted by atomic mass is 32.2. The normalized spacial score (nSPS) is 16.6. The molecule has 2 aromatic rings. The zero-order valence-corrected chi connectivity index (χ0v) is 17.5. The lowest BCUT2D eigenvalue weighted by molar-refractivity contribution is 0.177. The molecule has 152 valence electrons. The molecule has 1 unspecified atom stereocenters. The second-order valence-corrected chi connectivity index (χ2v) is 7.88. The van der Waals surface area contributed by atoms with Crippen LogP contribution >= 0.6 is 11.8 Å². The molecule has 0 saturated carbocycles. The second-order valence-electron chi connectivity index (χ2n) is 6.72. The van der Waals surface area contributed by atoms with Crippen molar-refractivity contribution in [1.29, 1.82) is 0 Å². The molecule has 1 aliphatic rings. The number of nitrogens with one attached hydrogen (secondary N) is 2. The number of benzene rings is 1. The number of hydrogen-bond donors (Lipinski definition) is 2. The molecule has 7 nitrogen and oxygen atoms in total. The van der Waals surface area contributed by atoms with Crippen molar-refractivity contribution >= 4 is 17.7 Å². The number of methoxy groups -OCH3 is 1. The minimum absolute atomic E-state index is 0.307. The van der Waals surface area contributed by atoms with E-state index in [-0.39, 0.29) is 0 Å². The summed E-state index contributed by atoms with van der Waals surface area (Å²) in [5.41, 5.74) is 0. The molecule has 2 N–H and O–H groups in total. The fourth-order valence-electron chi connectivity index (χ4n) is 3.14. The van der Waals surface area contributed by atoms with Gasteiger partial charge in [-0.15, -0.1) is 11.8 Å². The van der Waals surface area contributed by atoms with Crippen LogP contribution in [-0.2, 0) is 24.3 Å². The van der Waals surface area contributed by atoms with Crippen molar-refractivity contribution in [2.75, 3.05) is 26.0 Å². The molecule has 28 heavy (non-hydrogen) atoms. The maximum absolute atomic E-state index is 5.14. The molecule has 1 aromatic heterocycles. The first-order valence-electron chi connectivity index (χ1n) is 9.92.